The van der Waals surface area contributed by atoms with Gasteiger partial charge in [-0.2, -0.15) is 0 Å². The average molecular weight is 611 g/mol. The van der Waals surface area contributed by atoms with E-state index >= 15 is 0 Å². The van der Waals surface area contributed by atoms with Gasteiger partial charge >= 0.3 is 0 Å². The lowest BCUT2D eigenvalue weighted by Crippen LogP contribution is -2.35. The van der Waals surface area contributed by atoms with E-state index in [1.807, 2.05) is 6.92 Å². The molecule has 0 radical (unpaired) electrons. The van der Waals surface area contributed by atoms with E-state index in [2.05, 4.69) is 154 Å². The molecule has 0 saturated carbocycles. The fourth-order valence-corrected chi connectivity index (χ4v) is 9.71. The van der Waals surface area contributed by atoms with Crippen LogP contribution in [0.25, 0.3) is 0 Å². The maximum atomic E-state index is 3.97. The molecule has 12 rings (SSSR count). The molecule has 6 aliphatic carbocycles. The topological polar surface area (TPSA) is 0 Å². The molecule has 0 unspecified atom stereocenters. The van der Waals surface area contributed by atoms with Crippen LogP contribution in [-0.4, -0.2) is 0 Å². The molecule has 6 aromatic carbocycles. The average Bonchev–Trinajstić information content (AvgIpc) is 3.12. The van der Waals surface area contributed by atoms with Crippen molar-refractivity contribution >= 4 is 0 Å². The van der Waals surface area contributed by atoms with Gasteiger partial charge in [0.15, 0.2) is 0 Å². The van der Waals surface area contributed by atoms with Crippen molar-refractivity contribution in [2.45, 2.75) is 51.4 Å². The predicted octanol–water partition coefficient (Wildman–Crippen LogP) is 10.4. The third-order valence-corrected chi connectivity index (χ3v) is 11.7. The molecular weight excluding hydrogens is 577 g/mol. The van der Waals surface area contributed by atoms with Gasteiger partial charge in [-0.15, -0.1) is 5.92 Å². The number of hydrogen-bond donors (Lipinski definition) is 0. The summed E-state index contributed by atoms with van der Waals surface area (Å²) in [6.07, 6.45) is 0. The first-order chi connectivity index (χ1) is 23.6. The Bertz CT molecular complexity index is 2310. The zero-order valence-corrected chi connectivity index (χ0v) is 27.7. The van der Waals surface area contributed by atoms with E-state index in [1.54, 1.807) is 0 Å². The van der Waals surface area contributed by atoms with Crippen molar-refractivity contribution in [1.29, 1.82) is 0 Å². The van der Waals surface area contributed by atoms with E-state index < -0.39 is 0 Å². The summed E-state index contributed by atoms with van der Waals surface area (Å²) in [5.74, 6) is 15.4. The zero-order valence-electron chi connectivity index (χ0n) is 27.7. The second-order valence-corrected chi connectivity index (χ2v) is 14.0. The van der Waals surface area contributed by atoms with Gasteiger partial charge in [0.2, 0.25) is 0 Å². The third kappa shape index (κ3) is 3.48. The van der Waals surface area contributed by atoms with Crippen molar-refractivity contribution in [1.82, 2.24) is 0 Å². The Hall–Kier alpha value is -5.56. The molecule has 0 fully saturated rings. The molecule has 0 amide bonds. The summed E-state index contributed by atoms with van der Waals surface area (Å²) in [5, 5.41) is 0. The highest BCUT2D eigenvalue weighted by Gasteiger charge is 2.50. The smallest absolute Gasteiger partial charge is 0.0362 e. The van der Waals surface area contributed by atoms with Gasteiger partial charge in [-0.1, -0.05) is 121 Å². The van der Waals surface area contributed by atoms with Crippen LogP contribution >= 0.6 is 0 Å². The van der Waals surface area contributed by atoms with Gasteiger partial charge in [-0.3, -0.25) is 0 Å². The molecule has 0 N–H and O–H groups in total. The fraction of sp³-hybridized carbons (Fsp3) is 0.167. The first-order valence-electron chi connectivity index (χ1n) is 17.2. The Kier molecular flexibility index (Phi) is 5.72. The Balaban J connectivity index is 1.39. The van der Waals surface area contributed by atoms with Crippen LogP contribution in [0.15, 0.2) is 109 Å². The second kappa shape index (κ2) is 9.97. The third-order valence-electron chi connectivity index (χ3n) is 11.7. The summed E-state index contributed by atoms with van der Waals surface area (Å²) in [6.45, 7) is 8.59. The standard InChI is InChI=1S/C48H34/c1-5-14-39-45-41-31-15-6-10-19-35(31)43(36-20-11-7-16-32(36)41)47(45)40(24-23-30-26-28(3)27(2)25-29(30)4)48-44-37-21-12-8-17-33(37)42(46(39)48)34-18-9-13-22-38(34)44/h6-13,15-22,25-26,41-44H,1-4H3. The molecule has 48 heavy (non-hydrogen) atoms. The molecule has 0 aliphatic heterocycles. The van der Waals surface area contributed by atoms with Gasteiger partial charge in [0.05, 0.1) is 0 Å². The highest BCUT2D eigenvalue weighted by atomic mass is 14.5. The van der Waals surface area contributed by atoms with Crippen molar-refractivity contribution in [2.24, 2.45) is 0 Å². The monoisotopic (exact) mass is 610 g/mol. The molecule has 226 valence electrons. The molecule has 0 saturated heterocycles. The molecule has 6 aliphatic rings. The molecule has 0 spiro atoms. The first-order valence-corrected chi connectivity index (χ1v) is 17.2. The van der Waals surface area contributed by atoms with Gasteiger partial charge in [-0.05, 0) is 117 Å². The van der Waals surface area contributed by atoms with Gasteiger partial charge in [-0.25, -0.2) is 0 Å². The van der Waals surface area contributed by atoms with Crippen LogP contribution in [0.5, 0.6) is 0 Å². The normalized spacial score (nSPS) is 19.3. The molecular formula is C48H34. The summed E-state index contributed by atoms with van der Waals surface area (Å²) in [7, 11) is 0. The van der Waals surface area contributed by atoms with Crippen LogP contribution in [0.4, 0.5) is 0 Å². The summed E-state index contributed by atoms with van der Waals surface area (Å²) in [5.41, 5.74) is 24.2. The minimum absolute atomic E-state index is 0.108. The Morgan fingerprint density at radius 1 is 0.375 bits per heavy atom. The highest BCUT2D eigenvalue weighted by Crippen LogP contribution is 2.63. The van der Waals surface area contributed by atoms with Crippen molar-refractivity contribution < 1.29 is 0 Å². The molecule has 0 heteroatoms. The van der Waals surface area contributed by atoms with E-state index in [4.69, 9.17) is 0 Å². The van der Waals surface area contributed by atoms with E-state index in [9.17, 15) is 0 Å². The molecule has 0 nitrogen and oxygen atoms in total. The van der Waals surface area contributed by atoms with E-state index in [1.165, 1.54) is 94.6 Å². The summed E-state index contributed by atoms with van der Waals surface area (Å²) in [6, 6.07) is 41.1. The molecule has 0 heterocycles. The van der Waals surface area contributed by atoms with Crippen LogP contribution < -0.4 is 0 Å². The lowest BCUT2D eigenvalue weighted by Gasteiger charge is -2.48. The number of rotatable bonds is 0. The minimum Gasteiger partial charge on any atom is -0.101 e. The van der Waals surface area contributed by atoms with Gasteiger partial charge < -0.3 is 0 Å². The second-order valence-electron chi connectivity index (χ2n) is 14.0. The van der Waals surface area contributed by atoms with Crippen LogP contribution in [0.1, 0.15) is 131 Å². The van der Waals surface area contributed by atoms with Crippen molar-refractivity contribution in [3.05, 3.63) is 209 Å². The SMILES string of the molecule is CC#Cc1c2c(c(C#Cc3cc(C)c(C)cc3C)c3c1C1c4ccccc4C3c3ccccc31)C1c3ccccc3C2c2ccccc21. The number of benzene rings is 6. The van der Waals surface area contributed by atoms with E-state index in [0.717, 1.165) is 5.56 Å². The summed E-state index contributed by atoms with van der Waals surface area (Å²) < 4.78 is 0. The molecule has 0 atom stereocenters. The maximum absolute atomic E-state index is 3.97. The van der Waals surface area contributed by atoms with Crippen molar-refractivity contribution in [3.8, 4) is 23.7 Å². The zero-order chi connectivity index (χ0) is 32.3. The quantitative estimate of drug-likeness (QED) is 0.150. The van der Waals surface area contributed by atoms with Crippen LogP contribution in [0, 0.1) is 44.5 Å². The first kappa shape index (κ1) is 27.5. The number of aryl methyl sites for hydroxylation is 3. The molecule has 6 aromatic rings. The highest BCUT2D eigenvalue weighted by molar-refractivity contribution is 5.82. The Labute approximate surface area is 283 Å². The Morgan fingerprint density at radius 3 is 1.02 bits per heavy atom. The number of hydrogen-bond acceptors (Lipinski definition) is 0. The van der Waals surface area contributed by atoms with E-state index in [0.29, 0.717) is 0 Å². The maximum Gasteiger partial charge on any atom is 0.0362 e. The predicted molar refractivity (Wildman–Crippen MR) is 195 cm³/mol. The minimum atomic E-state index is 0.108. The van der Waals surface area contributed by atoms with Crippen LogP contribution in [0.3, 0.4) is 0 Å². The van der Waals surface area contributed by atoms with E-state index in [-0.39, 0.29) is 23.7 Å². The van der Waals surface area contributed by atoms with Crippen molar-refractivity contribution in [2.75, 3.05) is 0 Å². The summed E-state index contributed by atoms with van der Waals surface area (Å²) in [4.78, 5) is 0. The lowest BCUT2D eigenvalue weighted by molar-refractivity contribution is 0.710. The van der Waals surface area contributed by atoms with Crippen LogP contribution in [0.2, 0.25) is 0 Å². The van der Waals surface area contributed by atoms with Gasteiger partial charge in [0, 0.05) is 40.4 Å². The lowest BCUT2D eigenvalue weighted by atomic mass is 9.53. The fourth-order valence-electron chi connectivity index (χ4n) is 9.71. The van der Waals surface area contributed by atoms with Crippen LogP contribution in [-0.2, 0) is 0 Å². The van der Waals surface area contributed by atoms with Gasteiger partial charge in [0.25, 0.3) is 0 Å². The molecule has 0 aromatic heterocycles. The summed E-state index contributed by atoms with van der Waals surface area (Å²) >= 11 is 0. The largest absolute Gasteiger partial charge is 0.101 e. The van der Waals surface area contributed by atoms with Crippen molar-refractivity contribution in [3.63, 3.8) is 0 Å². The molecule has 4 bridgehead atoms. The van der Waals surface area contributed by atoms with Gasteiger partial charge in [0.1, 0.15) is 0 Å². The Morgan fingerprint density at radius 2 is 0.688 bits per heavy atom.